The van der Waals surface area contributed by atoms with E-state index >= 15 is 0 Å². The van der Waals surface area contributed by atoms with Crippen molar-refractivity contribution in [3.05, 3.63) is 81.8 Å². The SMILES string of the molecule is Cc1c(-c2c(C(N)=O)nc3cccc(F)c3c2C(N)=O)c(C(F)(F)F)nn1Cc1ccc(C#N)cc1F. The van der Waals surface area contributed by atoms with Gasteiger partial charge >= 0.3 is 6.18 Å². The standard InChI is InChI=1S/C24H15F5N6O2/c1-10-16(18-19(22(31)36)17-13(25)3-2-4-15(17)33-20(18)23(32)37)21(24(27,28)29)34-35(10)9-12-6-5-11(8-30)7-14(12)26/h2-7H,9H2,1H3,(H2,31,36)(H2,32,37). The van der Waals surface area contributed by atoms with Crippen LogP contribution in [0.3, 0.4) is 0 Å². The molecule has 4 N–H and O–H groups in total. The fourth-order valence-corrected chi connectivity index (χ4v) is 4.05. The number of primary amides is 2. The van der Waals surface area contributed by atoms with Crippen LogP contribution in [0.4, 0.5) is 22.0 Å². The Balaban J connectivity index is 2.10. The van der Waals surface area contributed by atoms with Crippen LogP contribution in [0.25, 0.3) is 22.0 Å². The molecule has 8 nitrogen and oxygen atoms in total. The van der Waals surface area contributed by atoms with Crippen LogP contribution in [-0.4, -0.2) is 26.6 Å². The van der Waals surface area contributed by atoms with Crippen molar-refractivity contribution in [2.24, 2.45) is 11.5 Å². The number of alkyl halides is 3. The van der Waals surface area contributed by atoms with Gasteiger partial charge in [0.25, 0.3) is 5.91 Å². The molecule has 0 bridgehead atoms. The third kappa shape index (κ3) is 4.33. The number of fused-ring (bicyclic) bond motifs is 1. The van der Waals surface area contributed by atoms with Crippen LogP contribution < -0.4 is 11.5 Å². The zero-order chi connectivity index (χ0) is 27.2. The lowest BCUT2D eigenvalue weighted by molar-refractivity contribution is -0.141. The molecule has 0 unspecified atom stereocenters. The van der Waals surface area contributed by atoms with E-state index < -0.39 is 69.6 Å². The fraction of sp³-hybridized carbons (Fsp3) is 0.125. The maximum absolute atomic E-state index is 14.8. The van der Waals surface area contributed by atoms with E-state index in [1.165, 1.54) is 31.2 Å². The van der Waals surface area contributed by atoms with E-state index in [0.717, 1.165) is 16.8 Å². The second-order valence-electron chi connectivity index (χ2n) is 7.96. The fourth-order valence-electron chi connectivity index (χ4n) is 4.05. The van der Waals surface area contributed by atoms with Gasteiger partial charge in [-0.3, -0.25) is 14.3 Å². The number of nitriles is 1. The van der Waals surface area contributed by atoms with Gasteiger partial charge in [0.15, 0.2) is 5.69 Å². The van der Waals surface area contributed by atoms with Gasteiger partial charge in [0.05, 0.1) is 29.3 Å². The van der Waals surface area contributed by atoms with Crippen molar-refractivity contribution in [2.45, 2.75) is 19.6 Å². The zero-order valence-electron chi connectivity index (χ0n) is 18.8. The molecule has 2 aromatic carbocycles. The summed E-state index contributed by atoms with van der Waals surface area (Å²) >= 11 is 0. The van der Waals surface area contributed by atoms with E-state index in [-0.39, 0.29) is 22.3 Å². The van der Waals surface area contributed by atoms with Gasteiger partial charge < -0.3 is 11.5 Å². The van der Waals surface area contributed by atoms with Crippen LogP contribution in [0.1, 0.15) is 43.4 Å². The molecular formula is C24H15F5N6O2. The molecule has 0 fully saturated rings. The number of aromatic nitrogens is 3. The van der Waals surface area contributed by atoms with Crippen LogP contribution in [0, 0.1) is 29.9 Å². The molecule has 0 spiro atoms. The molecule has 4 aromatic rings. The molecule has 0 atom stereocenters. The van der Waals surface area contributed by atoms with Crippen molar-refractivity contribution in [2.75, 3.05) is 0 Å². The first-order valence-electron chi connectivity index (χ1n) is 10.4. The quantitative estimate of drug-likeness (QED) is 0.390. The number of benzene rings is 2. The monoisotopic (exact) mass is 514 g/mol. The zero-order valence-corrected chi connectivity index (χ0v) is 18.8. The molecule has 188 valence electrons. The average molecular weight is 514 g/mol. The number of pyridine rings is 1. The Labute approximate surface area is 204 Å². The van der Waals surface area contributed by atoms with Gasteiger partial charge in [-0.2, -0.15) is 23.5 Å². The maximum atomic E-state index is 14.8. The smallest absolute Gasteiger partial charge is 0.366 e. The Hall–Kier alpha value is -4.86. The molecule has 4 rings (SSSR count). The first-order chi connectivity index (χ1) is 17.3. The number of hydrogen-bond donors (Lipinski definition) is 2. The third-order valence-corrected chi connectivity index (χ3v) is 5.67. The number of halogens is 5. The summed E-state index contributed by atoms with van der Waals surface area (Å²) in [7, 11) is 0. The first kappa shape index (κ1) is 25.2. The van der Waals surface area contributed by atoms with E-state index in [2.05, 4.69) is 10.1 Å². The number of carbonyl (C=O) groups excluding carboxylic acids is 2. The van der Waals surface area contributed by atoms with Gasteiger partial charge in [-0.15, -0.1) is 0 Å². The van der Waals surface area contributed by atoms with Gasteiger partial charge in [0, 0.05) is 27.8 Å². The van der Waals surface area contributed by atoms with Crippen LogP contribution >= 0.6 is 0 Å². The van der Waals surface area contributed by atoms with Crippen LogP contribution in [0.5, 0.6) is 0 Å². The highest BCUT2D eigenvalue weighted by molar-refractivity contribution is 6.15. The lowest BCUT2D eigenvalue weighted by Crippen LogP contribution is -2.22. The molecule has 0 radical (unpaired) electrons. The topological polar surface area (TPSA) is 141 Å². The van der Waals surface area contributed by atoms with E-state index in [0.29, 0.717) is 0 Å². The predicted octanol–water partition coefficient (Wildman–Crippen LogP) is 3.82. The highest BCUT2D eigenvalue weighted by Gasteiger charge is 2.41. The lowest BCUT2D eigenvalue weighted by atomic mass is 9.91. The molecule has 0 aliphatic rings. The Morgan fingerprint density at radius 1 is 1.05 bits per heavy atom. The molecule has 13 heteroatoms. The van der Waals surface area contributed by atoms with Gasteiger partial charge in [-0.05, 0) is 31.2 Å². The summed E-state index contributed by atoms with van der Waals surface area (Å²) in [5.74, 6) is -4.53. The summed E-state index contributed by atoms with van der Waals surface area (Å²) in [4.78, 5) is 28.7. The Morgan fingerprint density at radius 2 is 1.76 bits per heavy atom. The predicted molar refractivity (Wildman–Crippen MR) is 120 cm³/mol. The number of rotatable bonds is 5. The number of nitrogens with two attached hydrogens (primary N) is 2. The first-order valence-corrected chi connectivity index (χ1v) is 10.4. The number of carbonyl (C=O) groups is 2. The van der Waals surface area contributed by atoms with Gasteiger partial charge in [0.2, 0.25) is 5.91 Å². The molecule has 0 saturated heterocycles. The van der Waals surface area contributed by atoms with Gasteiger partial charge in [-0.25, -0.2) is 13.8 Å². The summed E-state index contributed by atoms with van der Waals surface area (Å²) in [5.41, 5.74) is 5.69. The van der Waals surface area contributed by atoms with E-state index in [4.69, 9.17) is 16.7 Å². The maximum Gasteiger partial charge on any atom is 0.435 e. The van der Waals surface area contributed by atoms with Crippen molar-refractivity contribution in [1.29, 1.82) is 5.26 Å². The van der Waals surface area contributed by atoms with Crippen molar-refractivity contribution in [3.63, 3.8) is 0 Å². The van der Waals surface area contributed by atoms with Crippen LogP contribution in [-0.2, 0) is 12.7 Å². The molecular weight excluding hydrogens is 499 g/mol. The Bertz CT molecular complexity index is 1650. The molecule has 2 aromatic heterocycles. The van der Waals surface area contributed by atoms with Gasteiger partial charge in [0.1, 0.15) is 17.3 Å². The second-order valence-corrected chi connectivity index (χ2v) is 7.96. The van der Waals surface area contributed by atoms with Crippen molar-refractivity contribution in [3.8, 4) is 17.2 Å². The molecule has 0 aliphatic heterocycles. The Morgan fingerprint density at radius 3 is 2.32 bits per heavy atom. The van der Waals surface area contributed by atoms with E-state index in [1.54, 1.807) is 6.07 Å². The molecule has 0 aliphatic carbocycles. The molecule has 2 heterocycles. The largest absolute Gasteiger partial charge is 0.435 e. The number of hydrogen-bond acceptors (Lipinski definition) is 5. The minimum Gasteiger partial charge on any atom is -0.366 e. The highest BCUT2D eigenvalue weighted by Crippen LogP contribution is 2.42. The Kier molecular flexibility index (Phi) is 6.12. The molecule has 2 amide bonds. The second kappa shape index (κ2) is 8.98. The minimum absolute atomic E-state index is 0.00317. The average Bonchev–Trinajstić information content (AvgIpc) is 3.15. The van der Waals surface area contributed by atoms with Crippen LogP contribution in [0.15, 0.2) is 36.4 Å². The van der Waals surface area contributed by atoms with E-state index in [9.17, 15) is 31.5 Å². The summed E-state index contributed by atoms with van der Waals surface area (Å²) in [6.45, 7) is 0.667. The summed E-state index contributed by atoms with van der Waals surface area (Å²) in [5, 5.41) is 12.0. The molecule has 37 heavy (non-hydrogen) atoms. The van der Waals surface area contributed by atoms with Crippen molar-refractivity contribution in [1.82, 2.24) is 14.8 Å². The van der Waals surface area contributed by atoms with Gasteiger partial charge in [-0.1, -0.05) is 12.1 Å². The summed E-state index contributed by atoms with van der Waals surface area (Å²) in [6.07, 6.45) is -5.14. The van der Waals surface area contributed by atoms with Crippen molar-refractivity contribution < 1.29 is 31.5 Å². The minimum atomic E-state index is -5.14. The van der Waals surface area contributed by atoms with Crippen LogP contribution in [0.2, 0.25) is 0 Å². The highest BCUT2D eigenvalue weighted by atomic mass is 19.4. The van der Waals surface area contributed by atoms with Crippen molar-refractivity contribution >= 4 is 22.7 Å². The summed E-state index contributed by atoms with van der Waals surface area (Å²) in [6, 6.07) is 8.52. The summed E-state index contributed by atoms with van der Waals surface area (Å²) < 4.78 is 72.7. The normalized spacial score (nSPS) is 11.5. The van der Waals surface area contributed by atoms with E-state index in [1.807, 2.05) is 0 Å². The third-order valence-electron chi connectivity index (χ3n) is 5.67. The lowest BCUT2D eigenvalue weighted by Gasteiger charge is -2.16. The number of nitrogens with zero attached hydrogens (tertiary/aromatic N) is 4. The molecule has 0 saturated carbocycles. The number of amides is 2.